The highest BCUT2D eigenvalue weighted by Gasteiger charge is 2.25. The van der Waals surface area contributed by atoms with Crippen LogP contribution in [0, 0.1) is 0 Å². The number of benzene rings is 1. The molecule has 0 heterocycles. The fourth-order valence-corrected chi connectivity index (χ4v) is 1.59. The van der Waals surface area contributed by atoms with Crippen molar-refractivity contribution in [3.8, 4) is 11.5 Å². The molecule has 0 fully saturated rings. The van der Waals surface area contributed by atoms with Gasteiger partial charge in [0.2, 0.25) is 6.41 Å². The molecule has 0 aromatic heterocycles. The molecule has 5 nitrogen and oxygen atoms in total. The summed E-state index contributed by atoms with van der Waals surface area (Å²) in [4.78, 5) is 16.1. The Bertz CT molecular complexity index is 395. The average Bonchev–Trinajstić information content (AvgIpc) is 2.37. The highest BCUT2D eigenvalue weighted by atomic mass is 16.7. The lowest BCUT2D eigenvalue weighted by Gasteiger charge is -2.29. The van der Waals surface area contributed by atoms with Crippen molar-refractivity contribution < 1.29 is 19.1 Å². The molecule has 0 aliphatic carbocycles. The van der Waals surface area contributed by atoms with Gasteiger partial charge in [-0.3, -0.25) is 9.63 Å². The van der Waals surface area contributed by atoms with Crippen LogP contribution in [0.1, 0.15) is 19.4 Å². The van der Waals surface area contributed by atoms with Gasteiger partial charge in [0.15, 0.2) is 0 Å². The van der Waals surface area contributed by atoms with Crippen molar-refractivity contribution in [2.45, 2.75) is 19.4 Å². The summed E-state index contributed by atoms with van der Waals surface area (Å²) in [5.74, 6) is 1.35. The Hall–Kier alpha value is -1.75. The zero-order valence-electron chi connectivity index (χ0n) is 11.4. The Balaban J connectivity index is 3.09. The molecule has 100 valence electrons. The first-order chi connectivity index (χ1) is 8.42. The monoisotopic (exact) mass is 253 g/mol. The second-order valence-electron chi connectivity index (χ2n) is 4.35. The van der Waals surface area contributed by atoms with Crippen LogP contribution >= 0.6 is 0 Å². The van der Waals surface area contributed by atoms with Gasteiger partial charge in [0.25, 0.3) is 0 Å². The van der Waals surface area contributed by atoms with E-state index in [0.29, 0.717) is 17.9 Å². The normalized spacial score (nSPS) is 10.9. The number of carbonyl (C=O) groups is 1. The smallest absolute Gasteiger partial charge is 0.233 e. The van der Waals surface area contributed by atoms with E-state index in [2.05, 4.69) is 0 Å². The summed E-state index contributed by atoms with van der Waals surface area (Å²) >= 11 is 0. The Morgan fingerprint density at radius 3 is 2.00 bits per heavy atom. The Morgan fingerprint density at radius 1 is 1.11 bits per heavy atom. The molecule has 1 amide bonds. The van der Waals surface area contributed by atoms with Crippen molar-refractivity contribution in [1.29, 1.82) is 0 Å². The number of amides is 1. The van der Waals surface area contributed by atoms with E-state index in [4.69, 9.17) is 14.3 Å². The van der Waals surface area contributed by atoms with Gasteiger partial charge in [-0.1, -0.05) is 0 Å². The van der Waals surface area contributed by atoms with Gasteiger partial charge in [-0.2, -0.15) is 0 Å². The molecule has 1 rings (SSSR count). The second kappa shape index (κ2) is 5.73. The molecule has 0 saturated carbocycles. The molecule has 0 N–H and O–H groups in total. The first kappa shape index (κ1) is 14.3. The van der Waals surface area contributed by atoms with E-state index >= 15 is 0 Å². The van der Waals surface area contributed by atoms with E-state index in [1.54, 1.807) is 27.3 Å². The van der Waals surface area contributed by atoms with Crippen LogP contribution in [0.5, 0.6) is 11.5 Å². The lowest BCUT2D eigenvalue weighted by atomic mass is 9.98. The van der Waals surface area contributed by atoms with E-state index in [1.807, 2.05) is 26.0 Å². The van der Waals surface area contributed by atoms with Crippen LogP contribution in [-0.2, 0) is 15.2 Å². The summed E-state index contributed by atoms with van der Waals surface area (Å²) in [6.07, 6.45) is 0.610. The third-order valence-electron chi connectivity index (χ3n) is 2.57. The van der Waals surface area contributed by atoms with Crippen LogP contribution in [0.2, 0.25) is 0 Å². The van der Waals surface area contributed by atoms with Crippen LogP contribution in [0.3, 0.4) is 0 Å². The Kier molecular flexibility index (Phi) is 4.55. The van der Waals surface area contributed by atoms with Crippen molar-refractivity contribution in [1.82, 2.24) is 5.06 Å². The molecule has 0 saturated heterocycles. The molecular formula is C13H19NO4. The van der Waals surface area contributed by atoms with Crippen LogP contribution in [-0.4, -0.2) is 32.7 Å². The maximum atomic E-state index is 10.6. The van der Waals surface area contributed by atoms with Gasteiger partial charge in [0, 0.05) is 13.1 Å². The number of hydrogen-bond donors (Lipinski definition) is 0. The molecule has 5 heteroatoms. The van der Waals surface area contributed by atoms with Crippen molar-refractivity contribution >= 4 is 6.41 Å². The minimum absolute atomic E-state index is 0.610. The second-order valence-corrected chi connectivity index (χ2v) is 4.35. The zero-order chi connectivity index (χ0) is 13.8. The molecular weight excluding hydrogens is 234 g/mol. The van der Waals surface area contributed by atoms with Crippen LogP contribution in [0.25, 0.3) is 0 Å². The minimum atomic E-state index is -0.669. The molecule has 18 heavy (non-hydrogen) atoms. The Morgan fingerprint density at radius 2 is 1.61 bits per heavy atom. The van der Waals surface area contributed by atoms with Gasteiger partial charge in [0.1, 0.15) is 17.1 Å². The van der Waals surface area contributed by atoms with E-state index in [0.717, 1.165) is 10.6 Å². The van der Waals surface area contributed by atoms with Crippen LogP contribution in [0.15, 0.2) is 18.2 Å². The number of carbonyl (C=O) groups excluding carboxylic acids is 1. The maximum Gasteiger partial charge on any atom is 0.233 e. The summed E-state index contributed by atoms with van der Waals surface area (Å²) in [5.41, 5.74) is 0.185. The molecule has 0 aliphatic rings. The lowest BCUT2D eigenvalue weighted by Crippen LogP contribution is -2.31. The zero-order valence-corrected chi connectivity index (χ0v) is 11.4. The topological polar surface area (TPSA) is 48.0 Å². The van der Waals surface area contributed by atoms with Gasteiger partial charge >= 0.3 is 0 Å². The predicted octanol–water partition coefficient (Wildman–Crippen LogP) is 1.96. The summed E-state index contributed by atoms with van der Waals surface area (Å²) < 4.78 is 10.4. The van der Waals surface area contributed by atoms with Gasteiger partial charge < -0.3 is 9.47 Å². The third kappa shape index (κ3) is 3.37. The van der Waals surface area contributed by atoms with Gasteiger partial charge in [-0.25, -0.2) is 5.06 Å². The minimum Gasteiger partial charge on any atom is -0.497 e. The number of hydrogen-bond acceptors (Lipinski definition) is 4. The number of ether oxygens (including phenoxy) is 2. The first-order valence-electron chi connectivity index (χ1n) is 5.53. The van der Waals surface area contributed by atoms with E-state index in [1.165, 1.54) is 0 Å². The fraction of sp³-hybridized carbons (Fsp3) is 0.462. The predicted molar refractivity (Wildman–Crippen MR) is 67.5 cm³/mol. The third-order valence-corrected chi connectivity index (χ3v) is 2.57. The van der Waals surface area contributed by atoms with Crippen LogP contribution < -0.4 is 9.47 Å². The van der Waals surface area contributed by atoms with E-state index in [9.17, 15) is 4.79 Å². The largest absolute Gasteiger partial charge is 0.497 e. The van der Waals surface area contributed by atoms with Gasteiger partial charge in [-0.15, -0.1) is 0 Å². The molecule has 0 spiro atoms. The van der Waals surface area contributed by atoms with Crippen molar-refractivity contribution in [3.63, 3.8) is 0 Å². The SMILES string of the molecule is COc1cc(OC)cc(C(C)(C)ON(C)C=O)c1. The Labute approximate surface area is 107 Å². The summed E-state index contributed by atoms with van der Waals surface area (Å²) in [6, 6.07) is 5.48. The molecule has 0 atom stereocenters. The molecule has 0 aliphatic heterocycles. The lowest BCUT2D eigenvalue weighted by molar-refractivity contribution is -0.214. The number of hydroxylamine groups is 2. The van der Waals surface area contributed by atoms with Crippen molar-refractivity contribution in [2.75, 3.05) is 21.3 Å². The average molecular weight is 253 g/mol. The molecule has 0 radical (unpaired) electrons. The fourth-order valence-electron chi connectivity index (χ4n) is 1.59. The van der Waals surface area contributed by atoms with Gasteiger partial charge in [-0.05, 0) is 31.5 Å². The molecule has 1 aromatic rings. The molecule has 0 bridgehead atoms. The maximum absolute atomic E-state index is 10.6. The van der Waals surface area contributed by atoms with E-state index < -0.39 is 5.60 Å². The highest BCUT2D eigenvalue weighted by Crippen LogP contribution is 2.32. The molecule has 0 unspecified atom stereocenters. The molecule has 1 aromatic carbocycles. The summed E-state index contributed by atoms with van der Waals surface area (Å²) in [7, 11) is 4.72. The first-order valence-corrected chi connectivity index (χ1v) is 5.53. The quantitative estimate of drug-likeness (QED) is 0.574. The van der Waals surface area contributed by atoms with Crippen LogP contribution in [0.4, 0.5) is 0 Å². The number of nitrogens with zero attached hydrogens (tertiary/aromatic N) is 1. The van der Waals surface area contributed by atoms with Crippen molar-refractivity contribution in [2.24, 2.45) is 0 Å². The number of rotatable bonds is 6. The van der Waals surface area contributed by atoms with E-state index in [-0.39, 0.29) is 0 Å². The summed E-state index contributed by atoms with van der Waals surface area (Å²) in [5, 5.41) is 1.13. The highest BCUT2D eigenvalue weighted by molar-refractivity contribution is 5.45. The number of methoxy groups -OCH3 is 2. The summed E-state index contributed by atoms with van der Waals surface area (Å²) in [6.45, 7) is 3.72. The standard InChI is InChI=1S/C13H19NO4/c1-13(2,18-14(3)9-15)10-6-11(16-4)8-12(7-10)17-5/h6-9H,1-5H3. The van der Waals surface area contributed by atoms with Gasteiger partial charge in [0.05, 0.1) is 14.2 Å². The van der Waals surface area contributed by atoms with Crippen molar-refractivity contribution in [3.05, 3.63) is 23.8 Å².